The molecule has 6 heteroatoms. The summed E-state index contributed by atoms with van der Waals surface area (Å²) in [6, 6.07) is 0. The molecule has 0 spiro atoms. The standard InChI is InChI=1S/C13H23NO4S/c1-13(2,3)18-12(15)14-7-6-10(8-14)9-19(16,17)11-4-5-11/h10-11H,4-9H2,1-3H3/t10-/m1/s1. The molecule has 0 aromatic heterocycles. The zero-order valence-electron chi connectivity index (χ0n) is 11.9. The highest BCUT2D eigenvalue weighted by atomic mass is 32.2. The van der Waals surface area contributed by atoms with Gasteiger partial charge in [0.25, 0.3) is 0 Å². The SMILES string of the molecule is CC(C)(C)OC(=O)N1CC[C@@H](CS(=O)(=O)C2CC2)C1. The molecule has 2 rings (SSSR count). The quantitative estimate of drug-likeness (QED) is 0.795. The van der Waals surface area contributed by atoms with Gasteiger partial charge in [0, 0.05) is 13.1 Å². The molecular weight excluding hydrogens is 266 g/mol. The van der Waals surface area contributed by atoms with Crippen molar-refractivity contribution in [3.63, 3.8) is 0 Å². The van der Waals surface area contributed by atoms with Gasteiger partial charge in [-0.25, -0.2) is 13.2 Å². The molecule has 110 valence electrons. The minimum Gasteiger partial charge on any atom is -0.444 e. The van der Waals surface area contributed by atoms with E-state index in [0.717, 1.165) is 19.3 Å². The number of amides is 1. The second-order valence-corrected chi connectivity index (χ2v) is 8.94. The largest absolute Gasteiger partial charge is 0.444 e. The second-order valence-electron chi connectivity index (χ2n) is 6.61. The molecule has 1 heterocycles. The summed E-state index contributed by atoms with van der Waals surface area (Å²) in [6.07, 6.45) is 2.04. The topological polar surface area (TPSA) is 63.7 Å². The van der Waals surface area contributed by atoms with Crippen molar-refractivity contribution in [3.8, 4) is 0 Å². The molecule has 0 bridgehead atoms. The molecule has 5 nitrogen and oxygen atoms in total. The highest BCUT2D eigenvalue weighted by Crippen LogP contribution is 2.31. The van der Waals surface area contributed by atoms with E-state index in [1.807, 2.05) is 20.8 Å². The molecule has 2 aliphatic rings. The molecule has 1 saturated heterocycles. The van der Waals surface area contributed by atoms with Gasteiger partial charge in [0.05, 0.1) is 11.0 Å². The lowest BCUT2D eigenvalue weighted by atomic mass is 10.2. The van der Waals surface area contributed by atoms with Crippen molar-refractivity contribution in [2.45, 2.75) is 50.9 Å². The molecule has 0 aromatic rings. The van der Waals surface area contributed by atoms with Crippen LogP contribution in [0.25, 0.3) is 0 Å². The van der Waals surface area contributed by atoms with Gasteiger partial charge in [-0.2, -0.15) is 0 Å². The van der Waals surface area contributed by atoms with Crippen LogP contribution in [0.3, 0.4) is 0 Å². The van der Waals surface area contributed by atoms with E-state index in [2.05, 4.69) is 0 Å². The Balaban J connectivity index is 1.84. The molecule has 1 aliphatic heterocycles. The van der Waals surface area contributed by atoms with Crippen LogP contribution in [0, 0.1) is 5.92 Å². The summed E-state index contributed by atoms with van der Waals surface area (Å²) in [6.45, 7) is 6.59. The Hall–Kier alpha value is -0.780. The lowest BCUT2D eigenvalue weighted by molar-refractivity contribution is 0.0289. The van der Waals surface area contributed by atoms with Gasteiger partial charge in [-0.15, -0.1) is 0 Å². The Labute approximate surface area is 115 Å². The average molecular weight is 289 g/mol. The van der Waals surface area contributed by atoms with E-state index in [9.17, 15) is 13.2 Å². The van der Waals surface area contributed by atoms with Crippen LogP contribution in [-0.2, 0) is 14.6 Å². The molecular formula is C13H23NO4S. The third kappa shape index (κ3) is 4.09. The fourth-order valence-electron chi connectivity index (χ4n) is 2.35. The first-order valence-electron chi connectivity index (χ1n) is 6.87. The Bertz CT molecular complexity index is 448. The minimum absolute atomic E-state index is 0.0677. The van der Waals surface area contributed by atoms with Crippen LogP contribution in [0.4, 0.5) is 4.79 Å². The van der Waals surface area contributed by atoms with Crippen LogP contribution < -0.4 is 0 Å². The maximum Gasteiger partial charge on any atom is 0.410 e. The normalized spacial score (nSPS) is 24.6. The molecule has 1 amide bonds. The zero-order valence-corrected chi connectivity index (χ0v) is 12.7. The Morgan fingerprint density at radius 3 is 2.42 bits per heavy atom. The molecule has 19 heavy (non-hydrogen) atoms. The summed E-state index contributed by atoms with van der Waals surface area (Å²) in [7, 11) is -2.93. The number of rotatable bonds is 3. The molecule has 1 atom stereocenters. The van der Waals surface area contributed by atoms with Crippen molar-refractivity contribution < 1.29 is 17.9 Å². The first-order valence-corrected chi connectivity index (χ1v) is 8.58. The highest BCUT2D eigenvalue weighted by Gasteiger charge is 2.39. The molecule has 0 N–H and O–H groups in total. The number of sulfone groups is 1. The van der Waals surface area contributed by atoms with Gasteiger partial charge in [0.1, 0.15) is 5.60 Å². The average Bonchev–Trinajstić information content (AvgIpc) is 2.98. The summed E-state index contributed by atoms with van der Waals surface area (Å²) < 4.78 is 29.1. The van der Waals surface area contributed by atoms with Crippen molar-refractivity contribution >= 4 is 15.9 Å². The molecule has 1 aliphatic carbocycles. The number of hydrogen-bond acceptors (Lipinski definition) is 4. The smallest absolute Gasteiger partial charge is 0.410 e. The summed E-state index contributed by atoms with van der Waals surface area (Å²) >= 11 is 0. The van der Waals surface area contributed by atoms with E-state index in [1.165, 1.54) is 0 Å². The summed E-state index contributed by atoms with van der Waals surface area (Å²) in [5.41, 5.74) is -0.505. The van der Waals surface area contributed by atoms with Gasteiger partial charge in [-0.1, -0.05) is 0 Å². The monoisotopic (exact) mass is 289 g/mol. The maximum atomic E-state index is 11.9. The Morgan fingerprint density at radius 2 is 1.89 bits per heavy atom. The van der Waals surface area contributed by atoms with E-state index in [1.54, 1.807) is 4.90 Å². The van der Waals surface area contributed by atoms with Gasteiger partial charge in [0.2, 0.25) is 0 Å². The maximum absolute atomic E-state index is 11.9. The van der Waals surface area contributed by atoms with Crippen LogP contribution in [0.2, 0.25) is 0 Å². The zero-order chi connectivity index (χ0) is 14.3. The summed E-state index contributed by atoms with van der Waals surface area (Å²) in [4.78, 5) is 13.5. The number of nitrogens with zero attached hydrogens (tertiary/aromatic N) is 1. The van der Waals surface area contributed by atoms with Crippen molar-refractivity contribution in [1.29, 1.82) is 0 Å². The van der Waals surface area contributed by atoms with E-state index < -0.39 is 15.4 Å². The van der Waals surface area contributed by atoms with E-state index in [-0.39, 0.29) is 23.0 Å². The van der Waals surface area contributed by atoms with E-state index in [4.69, 9.17) is 4.74 Å². The number of carbonyl (C=O) groups excluding carboxylic acids is 1. The lowest BCUT2D eigenvalue weighted by Gasteiger charge is -2.24. The molecule has 0 radical (unpaired) electrons. The Morgan fingerprint density at radius 1 is 1.26 bits per heavy atom. The third-order valence-electron chi connectivity index (χ3n) is 3.44. The first-order chi connectivity index (χ1) is 8.67. The van der Waals surface area contributed by atoms with Crippen LogP contribution in [-0.4, -0.2) is 49.1 Å². The van der Waals surface area contributed by atoms with Gasteiger partial charge in [-0.3, -0.25) is 0 Å². The van der Waals surface area contributed by atoms with E-state index >= 15 is 0 Å². The molecule has 0 aromatic carbocycles. The summed E-state index contributed by atoms with van der Waals surface area (Å²) in [5, 5.41) is -0.108. The van der Waals surface area contributed by atoms with Crippen molar-refractivity contribution in [1.82, 2.24) is 4.90 Å². The highest BCUT2D eigenvalue weighted by molar-refractivity contribution is 7.92. The van der Waals surface area contributed by atoms with E-state index in [0.29, 0.717) is 13.1 Å². The van der Waals surface area contributed by atoms with Gasteiger partial charge in [-0.05, 0) is 46.0 Å². The number of hydrogen-bond donors (Lipinski definition) is 0. The summed E-state index contributed by atoms with van der Waals surface area (Å²) in [5.74, 6) is 0.287. The second kappa shape index (κ2) is 4.96. The van der Waals surface area contributed by atoms with Crippen molar-refractivity contribution in [2.75, 3.05) is 18.8 Å². The molecule has 2 fully saturated rings. The van der Waals surface area contributed by atoms with Gasteiger partial charge >= 0.3 is 6.09 Å². The number of ether oxygens (including phenoxy) is 1. The fourth-order valence-corrected chi connectivity index (χ4v) is 4.41. The molecule has 0 unspecified atom stereocenters. The van der Waals surface area contributed by atoms with Crippen LogP contribution in [0.1, 0.15) is 40.0 Å². The Kier molecular flexibility index (Phi) is 3.82. The molecule has 1 saturated carbocycles. The first kappa shape index (κ1) is 14.6. The predicted octanol–water partition coefficient (Wildman–Crippen LogP) is 1.82. The minimum atomic E-state index is -2.93. The van der Waals surface area contributed by atoms with Gasteiger partial charge < -0.3 is 9.64 Å². The van der Waals surface area contributed by atoms with Crippen LogP contribution in [0.5, 0.6) is 0 Å². The van der Waals surface area contributed by atoms with Crippen molar-refractivity contribution in [3.05, 3.63) is 0 Å². The fraction of sp³-hybridized carbons (Fsp3) is 0.923. The third-order valence-corrected chi connectivity index (χ3v) is 5.86. The lowest BCUT2D eigenvalue weighted by Crippen LogP contribution is -2.35. The predicted molar refractivity (Wildman–Crippen MR) is 72.7 cm³/mol. The van der Waals surface area contributed by atoms with Crippen LogP contribution in [0.15, 0.2) is 0 Å². The number of carbonyl (C=O) groups is 1. The van der Waals surface area contributed by atoms with Gasteiger partial charge in [0.15, 0.2) is 9.84 Å². The van der Waals surface area contributed by atoms with Crippen molar-refractivity contribution in [2.24, 2.45) is 5.92 Å². The van der Waals surface area contributed by atoms with Crippen LogP contribution >= 0.6 is 0 Å². The number of likely N-dealkylation sites (tertiary alicyclic amines) is 1.